The lowest BCUT2D eigenvalue weighted by atomic mass is 9.97. The molecule has 1 aromatic carbocycles. The minimum absolute atomic E-state index is 0.000950. The maximum Gasteiger partial charge on any atom is 0.200 e. The van der Waals surface area contributed by atoms with Crippen molar-refractivity contribution in [3.8, 4) is 5.75 Å². The molecule has 1 atom stereocenters. The van der Waals surface area contributed by atoms with Gasteiger partial charge in [-0.05, 0) is 31.4 Å². The summed E-state index contributed by atoms with van der Waals surface area (Å²) in [6, 6.07) is 3.98. The first kappa shape index (κ1) is 11.1. The van der Waals surface area contributed by atoms with Crippen molar-refractivity contribution in [2.45, 2.75) is 19.3 Å². The topological polar surface area (TPSA) is 9.23 Å². The lowest BCUT2D eigenvalue weighted by Crippen LogP contribution is -2.12. The molecule has 0 bridgehead atoms. The molecular weight excluding hydrogens is 210 g/mol. The van der Waals surface area contributed by atoms with Crippen molar-refractivity contribution < 1.29 is 13.5 Å². The average Bonchev–Trinajstić information content (AvgIpc) is 2.32. The van der Waals surface area contributed by atoms with E-state index in [0.717, 1.165) is 25.3 Å². The molecule has 0 aromatic heterocycles. The smallest absolute Gasteiger partial charge is 0.200 e. The van der Waals surface area contributed by atoms with E-state index < -0.39 is 11.6 Å². The Morgan fingerprint density at radius 2 is 2.19 bits per heavy atom. The molecule has 1 aromatic rings. The van der Waals surface area contributed by atoms with E-state index in [1.807, 2.05) is 0 Å². The molecule has 3 heteroatoms. The van der Waals surface area contributed by atoms with Crippen molar-refractivity contribution in [1.29, 1.82) is 0 Å². The van der Waals surface area contributed by atoms with Crippen LogP contribution < -0.4 is 4.74 Å². The normalized spacial score (nSPS) is 19.8. The largest absolute Gasteiger partial charge is 0.490 e. The van der Waals surface area contributed by atoms with Gasteiger partial charge in [0, 0.05) is 5.92 Å². The van der Waals surface area contributed by atoms with Gasteiger partial charge in [0.25, 0.3) is 0 Å². The highest BCUT2D eigenvalue weighted by atomic mass is 19.2. The molecule has 1 unspecified atom stereocenters. The van der Waals surface area contributed by atoms with Gasteiger partial charge in [-0.15, -0.1) is 0 Å². The number of hydrogen-bond donors (Lipinski definition) is 0. The second-order valence-electron chi connectivity index (χ2n) is 3.98. The third-order valence-corrected chi connectivity index (χ3v) is 2.72. The maximum absolute atomic E-state index is 13.2. The number of rotatable bonds is 3. The zero-order valence-corrected chi connectivity index (χ0v) is 8.96. The molecule has 2 rings (SSSR count). The zero-order chi connectivity index (χ0) is 11.4. The first-order chi connectivity index (χ1) is 7.77. The highest BCUT2D eigenvalue weighted by Gasteiger charge is 2.12. The van der Waals surface area contributed by atoms with Crippen LogP contribution in [-0.2, 0) is 0 Å². The zero-order valence-electron chi connectivity index (χ0n) is 8.96. The van der Waals surface area contributed by atoms with E-state index in [2.05, 4.69) is 12.2 Å². The van der Waals surface area contributed by atoms with Crippen molar-refractivity contribution in [2.75, 3.05) is 6.61 Å². The third kappa shape index (κ3) is 2.60. The summed E-state index contributed by atoms with van der Waals surface area (Å²) in [5.74, 6) is -1.45. The van der Waals surface area contributed by atoms with Crippen LogP contribution in [0.3, 0.4) is 0 Å². The van der Waals surface area contributed by atoms with Crippen LogP contribution in [-0.4, -0.2) is 6.61 Å². The van der Waals surface area contributed by atoms with Crippen molar-refractivity contribution in [2.24, 2.45) is 5.92 Å². The predicted molar refractivity (Wildman–Crippen MR) is 58.3 cm³/mol. The van der Waals surface area contributed by atoms with Crippen LogP contribution in [0.1, 0.15) is 19.3 Å². The van der Waals surface area contributed by atoms with Crippen LogP contribution >= 0.6 is 0 Å². The van der Waals surface area contributed by atoms with Gasteiger partial charge in [-0.25, -0.2) is 4.39 Å². The lowest BCUT2D eigenvalue weighted by Gasteiger charge is -2.17. The van der Waals surface area contributed by atoms with E-state index in [1.165, 1.54) is 12.1 Å². The Balaban J connectivity index is 1.96. The van der Waals surface area contributed by atoms with Crippen molar-refractivity contribution >= 4 is 0 Å². The Morgan fingerprint density at radius 1 is 1.31 bits per heavy atom. The van der Waals surface area contributed by atoms with Gasteiger partial charge in [-0.3, -0.25) is 0 Å². The van der Waals surface area contributed by atoms with Gasteiger partial charge in [0.05, 0.1) is 6.61 Å². The first-order valence-electron chi connectivity index (χ1n) is 5.51. The summed E-state index contributed by atoms with van der Waals surface area (Å²) < 4.78 is 31.4. The second-order valence-corrected chi connectivity index (χ2v) is 3.98. The first-order valence-corrected chi connectivity index (χ1v) is 5.51. The fourth-order valence-corrected chi connectivity index (χ4v) is 1.81. The summed E-state index contributed by atoms with van der Waals surface area (Å²) >= 11 is 0. The van der Waals surface area contributed by atoms with Gasteiger partial charge in [-0.1, -0.05) is 18.2 Å². The molecule has 0 amide bonds. The lowest BCUT2D eigenvalue weighted by molar-refractivity contribution is 0.249. The summed E-state index contributed by atoms with van der Waals surface area (Å²) in [7, 11) is 0. The van der Waals surface area contributed by atoms with E-state index in [4.69, 9.17) is 4.74 Å². The minimum atomic E-state index is -0.901. The molecule has 0 spiro atoms. The van der Waals surface area contributed by atoms with Crippen LogP contribution in [0.5, 0.6) is 5.75 Å². The monoisotopic (exact) mass is 224 g/mol. The van der Waals surface area contributed by atoms with Crippen LogP contribution in [0.15, 0.2) is 30.4 Å². The molecule has 1 aliphatic carbocycles. The van der Waals surface area contributed by atoms with E-state index in [0.29, 0.717) is 12.5 Å². The quantitative estimate of drug-likeness (QED) is 0.711. The number of benzene rings is 1. The van der Waals surface area contributed by atoms with E-state index in [9.17, 15) is 8.78 Å². The molecule has 0 aliphatic heterocycles. The Labute approximate surface area is 93.7 Å². The van der Waals surface area contributed by atoms with Crippen molar-refractivity contribution in [3.05, 3.63) is 42.0 Å². The summed E-state index contributed by atoms with van der Waals surface area (Å²) in [5.41, 5.74) is 0. The summed E-state index contributed by atoms with van der Waals surface area (Å²) in [6.45, 7) is 0.414. The molecular formula is C13H14F2O. The van der Waals surface area contributed by atoms with E-state index in [-0.39, 0.29) is 5.75 Å². The minimum Gasteiger partial charge on any atom is -0.490 e. The van der Waals surface area contributed by atoms with Crippen LogP contribution in [0.2, 0.25) is 0 Å². The van der Waals surface area contributed by atoms with Crippen molar-refractivity contribution in [3.63, 3.8) is 0 Å². The van der Waals surface area contributed by atoms with E-state index in [1.54, 1.807) is 0 Å². The number of allylic oxidation sites excluding steroid dienone is 1. The molecule has 1 aliphatic rings. The number of hydrogen-bond acceptors (Lipinski definition) is 1. The van der Waals surface area contributed by atoms with Gasteiger partial charge < -0.3 is 4.74 Å². The van der Waals surface area contributed by atoms with Crippen molar-refractivity contribution in [1.82, 2.24) is 0 Å². The number of ether oxygens (including phenoxy) is 1. The average molecular weight is 224 g/mol. The molecule has 0 radical (unpaired) electrons. The third-order valence-electron chi connectivity index (χ3n) is 2.72. The molecule has 16 heavy (non-hydrogen) atoms. The molecule has 86 valence electrons. The van der Waals surface area contributed by atoms with E-state index >= 15 is 0 Å². The van der Waals surface area contributed by atoms with Crippen LogP contribution in [0.4, 0.5) is 8.78 Å². The summed E-state index contributed by atoms with van der Waals surface area (Å²) in [5, 5.41) is 0. The van der Waals surface area contributed by atoms with Gasteiger partial charge in [0.1, 0.15) is 0 Å². The molecule has 1 nitrogen and oxygen atoms in total. The summed E-state index contributed by atoms with van der Waals surface area (Å²) in [6.07, 6.45) is 7.48. The molecule has 0 saturated heterocycles. The van der Waals surface area contributed by atoms with Gasteiger partial charge in [-0.2, -0.15) is 4.39 Å². The predicted octanol–water partition coefficient (Wildman–Crippen LogP) is 3.70. The van der Waals surface area contributed by atoms with Gasteiger partial charge >= 0.3 is 0 Å². The second kappa shape index (κ2) is 5.10. The highest BCUT2D eigenvalue weighted by molar-refractivity contribution is 5.25. The molecule has 0 heterocycles. The Hall–Kier alpha value is -1.38. The summed E-state index contributed by atoms with van der Waals surface area (Å²) in [4.78, 5) is 0. The fourth-order valence-electron chi connectivity index (χ4n) is 1.81. The number of halogens is 2. The van der Waals surface area contributed by atoms with Crippen LogP contribution in [0.25, 0.3) is 0 Å². The van der Waals surface area contributed by atoms with Crippen LogP contribution in [0, 0.1) is 17.6 Å². The SMILES string of the molecule is Fc1cccc(OCC2C=CCCC2)c1F. The Morgan fingerprint density at radius 3 is 2.94 bits per heavy atom. The molecule has 0 N–H and O–H groups in total. The van der Waals surface area contributed by atoms with Gasteiger partial charge in [0.15, 0.2) is 11.6 Å². The molecule has 0 fully saturated rings. The Kier molecular flexibility index (Phi) is 3.54. The fraction of sp³-hybridized carbons (Fsp3) is 0.385. The standard InChI is InChI=1S/C13H14F2O/c14-11-7-4-8-12(13(11)15)16-9-10-5-2-1-3-6-10/h2,4-5,7-8,10H,1,3,6,9H2. The van der Waals surface area contributed by atoms with Gasteiger partial charge in [0.2, 0.25) is 5.82 Å². The highest BCUT2D eigenvalue weighted by Crippen LogP contribution is 2.22. The molecule has 0 saturated carbocycles. The maximum atomic E-state index is 13.2. The Bertz CT molecular complexity index is 388.